The molecule has 28 heavy (non-hydrogen) atoms. The van der Waals surface area contributed by atoms with Crippen molar-refractivity contribution >= 4 is 39.8 Å². The Morgan fingerprint density at radius 1 is 1.18 bits per heavy atom. The molecule has 1 saturated heterocycles. The molecule has 0 spiro atoms. The van der Waals surface area contributed by atoms with E-state index in [0.717, 1.165) is 32.7 Å². The summed E-state index contributed by atoms with van der Waals surface area (Å²) in [5.74, 6) is 0.154. The van der Waals surface area contributed by atoms with Gasteiger partial charge in [0.15, 0.2) is 15.8 Å². The predicted octanol–water partition coefficient (Wildman–Crippen LogP) is 2.53. The Balaban J connectivity index is 0.00000392. The summed E-state index contributed by atoms with van der Waals surface area (Å²) in [4.78, 5) is 6.95. The van der Waals surface area contributed by atoms with Gasteiger partial charge < -0.3 is 15.5 Å². The Hall–Kier alpha value is -0.940. The molecule has 1 aromatic rings. The summed E-state index contributed by atoms with van der Waals surface area (Å²) >= 11 is 0. The fraction of sp³-hybridized carbons (Fsp3) is 0.632. The molecule has 1 heterocycles. The molecule has 0 atom stereocenters. The molecular formula is C19H32FIN4O2S. The van der Waals surface area contributed by atoms with Gasteiger partial charge in [0.05, 0.1) is 12.3 Å². The number of halogens is 2. The highest BCUT2D eigenvalue weighted by Crippen LogP contribution is 2.15. The van der Waals surface area contributed by atoms with Crippen LogP contribution in [0.4, 0.5) is 4.39 Å². The van der Waals surface area contributed by atoms with Gasteiger partial charge >= 0.3 is 0 Å². The predicted molar refractivity (Wildman–Crippen MR) is 123 cm³/mol. The standard InChI is InChI=1S/C19H31FN4O2S.HI/c1-3-21-19(22-9-12-24-10-5-4-6-11-24)23-14-17-13-18(20)8-7-16(17)15-27(2,25)26;/h7-8,13H,3-6,9-12,14-15H2,1-2H3,(H2,21,22,23);1H. The Morgan fingerprint density at radius 2 is 1.89 bits per heavy atom. The van der Waals surface area contributed by atoms with Crippen LogP contribution < -0.4 is 10.6 Å². The third kappa shape index (κ3) is 9.51. The molecule has 0 radical (unpaired) electrons. The monoisotopic (exact) mass is 526 g/mol. The first-order chi connectivity index (χ1) is 12.9. The van der Waals surface area contributed by atoms with E-state index in [1.165, 1.54) is 43.7 Å². The number of guanidine groups is 1. The zero-order valence-corrected chi connectivity index (χ0v) is 19.9. The number of aliphatic imine (C=N–C) groups is 1. The number of hydrogen-bond acceptors (Lipinski definition) is 4. The van der Waals surface area contributed by atoms with Gasteiger partial charge in [-0.2, -0.15) is 0 Å². The molecule has 0 unspecified atom stereocenters. The van der Waals surface area contributed by atoms with Gasteiger partial charge in [-0.3, -0.25) is 0 Å². The van der Waals surface area contributed by atoms with Gasteiger partial charge in [0.2, 0.25) is 0 Å². The van der Waals surface area contributed by atoms with Gasteiger partial charge in [0.1, 0.15) is 5.82 Å². The van der Waals surface area contributed by atoms with E-state index in [1.807, 2.05) is 6.92 Å². The minimum atomic E-state index is -3.20. The second-order valence-electron chi connectivity index (χ2n) is 7.01. The van der Waals surface area contributed by atoms with E-state index >= 15 is 0 Å². The SMILES string of the molecule is CCNC(=NCc1cc(F)ccc1CS(C)(=O)=O)NCCN1CCCCC1.I. The van der Waals surface area contributed by atoms with Crippen LogP contribution in [0, 0.1) is 5.82 Å². The largest absolute Gasteiger partial charge is 0.357 e. The van der Waals surface area contributed by atoms with Crippen LogP contribution in [0.5, 0.6) is 0 Å². The van der Waals surface area contributed by atoms with Gasteiger partial charge in [-0.1, -0.05) is 12.5 Å². The molecule has 0 amide bonds. The van der Waals surface area contributed by atoms with E-state index in [0.29, 0.717) is 17.1 Å². The Labute approximate surface area is 185 Å². The normalized spacial score (nSPS) is 15.8. The number of rotatable bonds is 8. The molecule has 0 bridgehead atoms. The van der Waals surface area contributed by atoms with Crippen LogP contribution in [0.15, 0.2) is 23.2 Å². The van der Waals surface area contributed by atoms with Crippen molar-refractivity contribution < 1.29 is 12.8 Å². The Bertz CT molecular complexity index is 737. The number of hydrogen-bond donors (Lipinski definition) is 2. The van der Waals surface area contributed by atoms with Crippen LogP contribution >= 0.6 is 24.0 Å². The topological polar surface area (TPSA) is 73.8 Å². The van der Waals surface area contributed by atoms with E-state index in [9.17, 15) is 12.8 Å². The van der Waals surface area contributed by atoms with Crippen molar-refractivity contribution in [3.05, 3.63) is 35.1 Å². The number of benzene rings is 1. The third-order valence-electron chi connectivity index (χ3n) is 4.51. The Morgan fingerprint density at radius 3 is 2.54 bits per heavy atom. The molecular weight excluding hydrogens is 494 g/mol. The number of likely N-dealkylation sites (tertiary alicyclic amines) is 1. The Kier molecular flexibility index (Phi) is 11.3. The molecule has 160 valence electrons. The number of sulfone groups is 1. The van der Waals surface area contributed by atoms with Gasteiger partial charge in [-0.25, -0.2) is 17.8 Å². The molecule has 1 fully saturated rings. The van der Waals surface area contributed by atoms with Crippen molar-refractivity contribution in [2.24, 2.45) is 4.99 Å². The molecule has 2 rings (SSSR count). The average molecular weight is 526 g/mol. The van der Waals surface area contributed by atoms with E-state index in [1.54, 1.807) is 0 Å². The van der Waals surface area contributed by atoms with Gasteiger partial charge in [-0.05, 0) is 56.1 Å². The first-order valence-corrected chi connectivity index (χ1v) is 11.6. The minimum Gasteiger partial charge on any atom is -0.357 e. The van der Waals surface area contributed by atoms with Gasteiger partial charge in [0.25, 0.3) is 0 Å². The van der Waals surface area contributed by atoms with E-state index in [-0.39, 0.29) is 42.1 Å². The fourth-order valence-corrected chi connectivity index (χ4v) is 4.03. The lowest BCUT2D eigenvalue weighted by atomic mass is 10.1. The van der Waals surface area contributed by atoms with Crippen molar-refractivity contribution in [1.82, 2.24) is 15.5 Å². The summed E-state index contributed by atoms with van der Waals surface area (Å²) in [6, 6.07) is 4.18. The lowest BCUT2D eigenvalue weighted by Crippen LogP contribution is -2.42. The molecule has 0 aliphatic carbocycles. The highest BCUT2D eigenvalue weighted by molar-refractivity contribution is 14.0. The molecule has 2 N–H and O–H groups in total. The van der Waals surface area contributed by atoms with Crippen LogP contribution in [0.3, 0.4) is 0 Å². The molecule has 9 heteroatoms. The number of nitrogens with zero attached hydrogens (tertiary/aromatic N) is 2. The van der Waals surface area contributed by atoms with E-state index in [2.05, 4.69) is 20.5 Å². The van der Waals surface area contributed by atoms with Crippen molar-refractivity contribution in [3.63, 3.8) is 0 Å². The zero-order valence-electron chi connectivity index (χ0n) is 16.7. The second kappa shape index (κ2) is 12.6. The van der Waals surface area contributed by atoms with Crippen molar-refractivity contribution in [2.75, 3.05) is 39.0 Å². The number of nitrogens with one attached hydrogen (secondary N) is 2. The van der Waals surface area contributed by atoms with E-state index in [4.69, 9.17) is 0 Å². The molecule has 0 aromatic heterocycles. The molecule has 1 aromatic carbocycles. The quantitative estimate of drug-likeness (QED) is 0.310. The average Bonchev–Trinajstić information content (AvgIpc) is 2.61. The molecule has 1 aliphatic heterocycles. The zero-order chi connectivity index (χ0) is 19.7. The lowest BCUT2D eigenvalue weighted by Gasteiger charge is -2.26. The summed E-state index contributed by atoms with van der Waals surface area (Å²) in [6.45, 7) is 6.96. The summed E-state index contributed by atoms with van der Waals surface area (Å²) in [5.41, 5.74) is 1.18. The maximum Gasteiger partial charge on any atom is 0.191 e. The van der Waals surface area contributed by atoms with Crippen LogP contribution in [0.1, 0.15) is 37.3 Å². The smallest absolute Gasteiger partial charge is 0.191 e. The van der Waals surface area contributed by atoms with Crippen LogP contribution in [-0.2, 0) is 22.1 Å². The van der Waals surface area contributed by atoms with Gasteiger partial charge in [0, 0.05) is 25.9 Å². The summed E-state index contributed by atoms with van der Waals surface area (Å²) in [5, 5.41) is 6.49. The van der Waals surface area contributed by atoms with Crippen molar-refractivity contribution in [1.29, 1.82) is 0 Å². The summed E-state index contributed by atoms with van der Waals surface area (Å²) in [7, 11) is -3.20. The first kappa shape index (κ1) is 25.1. The summed E-state index contributed by atoms with van der Waals surface area (Å²) < 4.78 is 36.8. The molecule has 0 saturated carbocycles. The molecule has 6 nitrogen and oxygen atoms in total. The van der Waals surface area contributed by atoms with Crippen molar-refractivity contribution in [3.8, 4) is 0 Å². The fourth-order valence-electron chi connectivity index (χ4n) is 3.19. The third-order valence-corrected chi connectivity index (χ3v) is 5.34. The lowest BCUT2D eigenvalue weighted by molar-refractivity contribution is 0.232. The van der Waals surface area contributed by atoms with Crippen LogP contribution in [0.25, 0.3) is 0 Å². The first-order valence-electron chi connectivity index (χ1n) is 9.57. The molecule has 1 aliphatic rings. The maximum absolute atomic E-state index is 13.6. The van der Waals surface area contributed by atoms with Crippen LogP contribution in [-0.4, -0.2) is 58.3 Å². The second-order valence-corrected chi connectivity index (χ2v) is 9.15. The van der Waals surface area contributed by atoms with Crippen molar-refractivity contribution in [2.45, 2.75) is 38.5 Å². The maximum atomic E-state index is 13.6. The van der Waals surface area contributed by atoms with E-state index < -0.39 is 9.84 Å². The van der Waals surface area contributed by atoms with Crippen LogP contribution in [0.2, 0.25) is 0 Å². The number of piperidine rings is 1. The minimum absolute atomic E-state index is 0. The highest BCUT2D eigenvalue weighted by Gasteiger charge is 2.12. The highest BCUT2D eigenvalue weighted by atomic mass is 127. The van der Waals surface area contributed by atoms with Gasteiger partial charge in [-0.15, -0.1) is 24.0 Å². The summed E-state index contributed by atoms with van der Waals surface area (Å²) in [6.07, 6.45) is 5.01.